The Morgan fingerprint density at radius 3 is 2.50 bits per heavy atom. The van der Waals surface area contributed by atoms with E-state index in [-0.39, 0.29) is 18.0 Å². The number of aromatic nitrogens is 2. The number of anilines is 2. The van der Waals surface area contributed by atoms with Crippen molar-refractivity contribution in [3.63, 3.8) is 0 Å². The Morgan fingerprint density at radius 1 is 1.05 bits per heavy atom. The molecule has 204 valence electrons. The van der Waals surface area contributed by atoms with E-state index in [4.69, 9.17) is 26.4 Å². The van der Waals surface area contributed by atoms with Gasteiger partial charge in [-0.15, -0.1) is 0 Å². The lowest BCUT2D eigenvalue weighted by atomic mass is 10.2. The van der Waals surface area contributed by atoms with Crippen LogP contribution in [0.15, 0.2) is 75.1 Å². The first-order valence-corrected chi connectivity index (χ1v) is 14.1. The van der Waals surface area contributed by atoms with Crippen LogP contribution in [0, 0.1) is 6.92 Å². The van der Waals surface area contributed by atoms with E-state index in [1.165, 1.54) is 16.7 Å². The van der Waals surface area contributed by atoms with Gasteiger partial charge in [0.05, 0.1) is 30.4 Å². The van der Waals surface area contributed by atoms with Gasteiger partial charge in [-0.3, -0.25) is 18.9 Å². The Kier molecular flexibility index (Phi) is 7.07. The molecular formula is C29H27N5O4S2. The van der Waals surface area contributed by atoms with Gasteiger partial charge in [0, 0.05) is 38.1 Å². The average Bonchev–Trinajstić information content (AvgIpc) is 3.59. The molecule has 2 aliphatic rings. The van der Waals surface area contributed by atoms with Crippen LogP contribution in [0.4, 0.5) is 11.5 Å². The molecule has 11 heteroatoms. The number of furan rings is 1. The summed E-state index contributed by atoms with van der Waals surface area (Å²) in [5.74, 6) is 1.77. The van der Waals surface area contributed by atoms with E-state index in [0.717, 1.165) is 30.1 Å². The van der Waals surface area contributed by atoms with E-state index in [9.17, 15) is 9.59 Å². The lowest BCUT2D eigenvalue weighted by Gasteiger charge is -2.37. The number of thioether (sulfide) groups is 1. The lowest BCUT2D eigenvalue weighted by molar-refractivity contribution is -0.122. The quantitative estimate of drug-likeness (QED) is 0.247. The summed E-state index contributed by atoms with van der Waals surface area (Å²) < 4.78 is 12.7. The van der Waals surface area contributed by atoms with Crippen molar-refractivity contribution in [3.8, 4) is 5.75 Å². The minimum absolute atomic E-state index is 0.224. The fourth-order valence-electron chi connectivity index (χ4n) is 4.96. The number of nitrogens with zero attached hydrogens (tertiary/aromatic N) is 5. The molecule has 40 heavy (non-hydrogen) atoms. The standard InChI is InChI=1S/C29H27N5O4S2/c1-19-5-3-11-33-25(19)30-26(32-14-12-31(13-15-32)20-7-9-21(37-2)10-8-20)23(27(33)35)17-24-28(36)34(29(39)40-24)18-22-6-4-16-38-22/h3-11,16-17H,12-15,18H2,1-2H3/b24-17-. The van der Waals surface area contributed by atoms with Crippen LogP contribution in [0.3, 0.4) is 0 Å². The van der Waals surface area contributed by atoms with Crippen molar-refractivity contribution >= 4 is 57.4 Å². The third-order valence-electron chi connectivity index (χ3n) is 7.12. The highest BCUT2D eigenvalue weighted by Gasteiger charge is 2.34. The van der Waals surface area contributed by atoms with Gasteiger partial charge in [0.1, 0.15) is 27.3 Å². The number of methoxy groups -OCH3 is 1. The van der Waals surface area contributed by atoms with Gasteiger partial charge in [0.2, 0.25) is 0 Å². The number of benzene rings is 1. The van der Waals surface area contributed by atoms with Crippen molar-refractivity contribution < 1.29 is 13.9 Å². The molecule has 0 radical (unpaired) electrons. The summed E-state index contributed by atoms with van der Waals surface area (Å²) in [7, 11) is 1.66. The number of amides is 1. The second-order valence-corrected chi connectivity index (χ2v) is 11.2. The Bertz CT molecular complexity index is 1670. The van der Waals surface area contributed by atoms with E-state index in [1.54, 1.807) is 42.2 Å². The molecule has 3 aromatic heterocycles. The normalized spacial score (nSPS) is 16.9. The van der Waals surface area contributed by atoms with Gasteiger partial charge in [-0.1, -0.05) is 30.0 Å². The van der Waals surface area contributed by atoms with Crippen molar-refractivity contribution in [2.24, 2.45) is 0 Å². The van der Waals surface area contributed by atoms with Crippen LogP contribution >= 0.6 is 24.0 Å². The van der Waals surface area contributed by atoms with Crippen LogP contribution in [0.5, 0.6) is 5.75 Å². The molecule has 0 saturated carbocycles. The van der Waals surface area contributed by atoms with E-state index < -0.39 is 0 Å². The molecule has 1 aromatic carbocycles. The summed E-state index contributed by atoms with van der Waals surface area (Å²) in [6.45, 7) is 5.02. The second kappa shape index (κ2) is 10.8. The van der Waals surface area contributed by atoms with Crippen molar-refractivity contribution in [3.05, 3.63) is 93.1 Å². The molecule has 5 heterocycles. The number of hydrogen-bond acceptors (Lipinski definition) is 9. The summed E-state index contributed by atoms with van der Waals surface area (Å²) in [6, 6.07) is 15.3. The van der Waals surface area contributed by atoms with Crippen molar-refractivity contribution in [2.75, 3.05) is 43.1 Å². The number of thiocarbonyl (C=S) groups is 1. The van der Waals surface area contributed by atoms with Gasteiger partial charge in [0.25, 0.3) is 11.5 Å². The van der Waals surface area contributed by atoms with E-state index in [0.29, 0.717) is 45.1 Å². The molecule has 2 fully saturated rings. The van der Waals surface area contributed by atoms with Crippen LogP contribution < -0.4 is 20.1 Å². The molecule has 0 spiro atoms. The third kappa shape index (κ3) is 4.86. The number of aryl methyl sites for hydroxylation is 1. The van der Waals surface area contributed by atoms with E-state index in [1.807, 2.05) is 31.2 Å². The number of piperazine rings is 1. The van der Waals surface area contributed by atoms with Gasteiger partial charge in [0.15, 0.2) is 0 Å². The molecule has 1 amide bonds. The molecule has 0 aliphatic carbocycles. The number of carbonyl (C=O) groups excluding carboxylic acids is 1. The monoisotopic (exact) mass is 573 g/mol. The molecule has 0 atom stereocenters. The zero-order valence-corrected chi connectivity index (χ0v) is 23.7. The molecule has 0 unspecified atom stereocenters. The van der Waals surface area contributed by atoms with Crippen molar-refractivity contribution in [1.29, 1.82) is 0 Å². The van der Waals surface area contributed by atoms with Crippen LogP contribution in [-0.2, 0) is 11.3 Å². The minimum atomic E-state index is -0.254. The zero-order chi connectivity index (χ0) is 27.8. The fraction of sp³-hybridized carbons (Fsp3) is 0.241. The van der Waals surface area contributed by atoms with Gasteiger partial charge < -0.3 is 19.0 Å². The summed E-state index contributed by atoms with van der Waals surface area (Å²) in [5.41, 5.74) is 2.76. The molecule has 6 rings (SSSR count). The highest BCUT2D eigenvalue weighted by atomic mass is 32.2. The Balaban J connectivity index is 1.34. The number of fused-ring (bicyclic) bond motifs is 1. The van der Waals surface area contributed by atoms with Gasteiger partial charge in [-0.2, -0.15) is 0 Å². The van der Waals surface area contributed by atoms with Crippen LogP contribution in [0.1, 0.15) is 16.9 Å². The van der Waals surface area contributed by atoms with Crippen molar-refractivity contribution in [1.82, 2.24) is 14.3 Å². The number of hydrogen-bond donors (Lipinski definition) is 0. The number of rotatable bonds is 6. The smallest absolute Gasteiger partial charge is 0.267 e. The van der Waals surface area contributed by atoms with Gasteiger partial charge in [-0.25, -0.2) is 4.98 Å². The number of ether oxygens (including phenoxy) is 1. The molecule has 0 N–H and O–H groups in total. The van der Waals surface area contributed by atoms with E-state index >= 15 is 0 Å². The Morgan fingerprint density at radius 2 is 1.80 bits per heavy atom. The Hall–Kier alpha value is -4.09. The van der Waals surface area contributed by atoms with Gasteiger partial charge in [-0.05, 0) is 61.0 Å². The molecule has 0 bridgehead atoms. The summed E-state index contributed by atoms with van der Waals surface area (Å²) >= 11 is 6.69. The summed E-state index contributed by atoms with van der Waals surface area (Å²) in [4.78, 5) is 38.5. The lowest BCUT2D eigenvalue weighted by Crippen LogP contribution is -2.47. The zero-order valence-electron chi connectivity index (χ0n) is 22.1. The predicted molar refractivity (Wildman–Crippen MR) is 161 cm³/mol. The maximum absolute atomic E-state index is 13.9. The van der Waals surface area contributed by atoms with Crippen LogP contribution in [0.25, 0.3) is 11.7 Å². The summed E-state index contributed by atoms with van der Waals surface area (Å²) in [5, 5.41) is 0. The molecule has 9 nitrogen and oxygen atoms in total. The van der Waals surface area contributed by atoms with Gasteiger partial charge >= 0.3 is 0 Å². The predicted octanol–water partition coefficient (Wildman–Crippen LogP) is 4.33. The van der Waals surface area contributed by atoms with E-state index in [2.05, 4.69) is 21.9 Å². The fourth-order valence-corrected chi connectivity index (χ4v) is 6.20. The highest BCUT2D eigenvalue weighted by molar-refractivity contribution is 8.26. The molecule has 2 aliphatic heterocycles. The van der Waals surface area contributed by atoms with Crippen molar-refractivity contribution in [2.45, 2.75) is 13.5 Å². The molecular weight excluding hydrogens is 546 g/mol. The van der Waals surface area contributed by atoms with Crippen LogP contribution in [-0.4, -0.2) is 57.8 Å². The topological polar surface area (TPSA) is 83.5 Å². The third-order valence-corrected chi connectivity index (χ3v) is 8.50. The first kappa shape index (κ1) is 26.1. The SMILES string of the molecule is COc1ccc(N2CCN(c3nc4c(C)cccn4c(=O)c3/C=C3\SC(=S)N(Cc4ccco4)C3=O)CC2)cc1. The molecule has 4 aromatic rings. The maximum Gasteiger partial charge on any atom is 0.267 e. The first-order chi connectivity index (χ1) is 19.4. The highest BCUT2D eigenvalue weighted by Crippen LogP contribution is 2.35. The maximum atomic E-state index is 13.9. The number of pyridine rings is 1. The second-order valence-electron chi connectivity index (χ2n) is 9.56. The number of carbonyl (C=O) groups is 1. The summed E-state index contributed by atoms with van der Waals surface area (Å²) in [6.07, 6.45) is 4.92. The minimum Gasteiger partial charge on any atom is -0.497 e. The van der Waals surface area contributed by atoms with Crippen LogP contribution in [0.2, 0.25) is 0 Å². The largest absolute Gasteiger partial charge is 0.497 e. The molecule has 2 saturated heterocycles. The average molecular weight is 574 g/mol. The first-order valence-electron chi connectivity index (χ1n) is 12.9. The Labute approximate surface area is 240 Å².